The first kappa shape index (κ1) is 16.8. The van der Waals surface area contributed by atoms with E-state index in [4.69, 9.17) is 10.6 Å². The van der Waals surface area contributed by atoms with E-state index in [1.807, 2.05) is 0 Å². The summed E-state index contributed by atoms with van der Waals surface area (Å²) in [7, 11) is 0. The molecule has 0 rings (SSSR count). The minimum absolute atomic E-state index is 0.154. The summed E-state index contributed by atoms with van der Waals surface area (Å²) in [5, 5.41) is 12.7. The lowest BCUT2D eigenvalue weighted by molar-refractivity contribution is -0.137. The van der Waals surface area contributed by atoms with Crippen LogP contribution in [0.5, 0.6) is 0 Å². The number of hydrogen-bond donors (Lipinski definition) is 1. The largest absolute Gasteiger partial charge is 0.481 e. The van der Waals surface area contributed by atoms with Gasteiger partial charge in [0.05, 0.1) is 0 Å². The van der Waals surface area contributed by atoms with Gasteiger partial charge in [-0.05, 0) is 31.2 Å². The van der Waals surface area contributed by atoms with E-state index in [0.717, 1.165) is 38.5 Å². The Bertz CT molecular complexity index is 278. The number of carbonyl (C=O) groups is 1. The van der Waals surface area contributed by atoms with Crippen LogP contribution in [0.25, 0.3) is 10.4 Å². The van der Waals surface area contributed by atoms with Crippen LogP contribution in [-0.2, 0) is 4.79 Å². The molecule has 0 amide bonds. The maximum absolute atomic E-state index is 10.6. The zero-order valence-electron chi connectivity index (χ0n) is 11.6. The summed E-state index contributed by atoms with van der Waals surface area (Å²) in [4.78, 5) is 13.6. The molecule has 0 radical (unpaired) electrons. The first-order valence-corrected chi connectivity index (χ1v) is 6.88. The van der Waals surface area contributed by atoms with Gasteiger partial charge in [0.25, 0.3) is 0 Å². The number of unbranched alkanes of at least 4 members (excludes halogenated alkanes) is 2. The summed E-state index contributed by atoms with van der Waals surface area (Å²) in [6.45, 7) is 4.22. The Balaban J connectivity index is 4.58. The highest BCUT2D eigenvalue weighted by Crippen LogP contribution is 2.31. The van der Waals surface area contributed by atoms with Crippen LogP contribution in [0, 0.1) is 0 Å². The minimum Gasteiger partial charge on any atom is -0.481 e. The molecule has 0 saturated carbocycles. The second kappa shape index (κ2) is 9.77. The standard InChI is InChI=1S/C13H25N3O2/c1-3-5-9-13(15-16-14,10-6-4-2)11-7-8-12(17)18/h3-11H2,1-2H3,(H,17,18). The predicted molar refractivity (Wildman–Crippen MR) is 72.4 cm³/mol. The molecule has 0 heterocycles. The van der Waals surface area contributed by atoms with Crippen molar-refractivity contribution in [2.75, 3.05) is 0 Å². The number of carboxylic acids is 1. The maximum atomic E-state index is 10.6. The Morgan fingerprint density at radius 1 is 1.17 bits per heavy atom. The zero-order chi connectivity index (χ0) is 13.9. The molecule has 0 fully saturated rings. The van der Waals surface area contributed by atoms with Crippen LogP contribution < -0.4 is 0 Å². The Hall–Kier alpha value is -1.22. The molecule has 0 aromatic carbocycles. The van der Waals surface area contributed by atoms with E-state index in [0.29, 0.717) is 12.8 Å². The van der Waals surface area contributed by atoms with E-state index in [9.17, 15) is 4.79 Å². The number of carboxylic acid groups (broad SMARTS) is 1. The zero-order valence-corrected chi connectivity index (χ0v) is 11.6. The maximum Gasteiger partial charge on any atom is 0.303 e. The van der Waals surface area contributed by atoms with Crippen molar-refractivity contribution >= 4 is 5.97 Å². The average molecular weight is 255 g/mol. The number of rotatable bonds is 11. The fourth-order valence-electron chi connectivity index (χ4n) is 2.20. The van der Waals surface area contributed by atoms with Crippen LogP contribution in [0.4, 0.5) is 0 Å². The van der Waals surface area contributed by atoms with Gasteiger partial charge in [0.2, 0.25) is 0 Å². The first-order chi connectivity index (χ1) is 8.60. The lowest BCUT2D eigenvalue weighted by Gasteiger charge is -2.28. The highest BCUT2D eigenvalue weighted by atomic mass is 16.4. The van der Waals surface area contributed by atoms with Crippen molar-refractivity contribution in [3.8, 4) is 0 Å². The molecule has 0 unspecified atom stereocenters. The normalized spacial score (nSPS) is 11.0. The molecule has 0 spiro atoms. The second-order valence-corrected chi connectivity index (χ2v) is 4.87. The molecule has 0 aromatic heterocycles. The third-order valence-corrected chi connectivity index (χ3v) is 3.28. The molecular weight excluding hydrogens is 230 g/mol. The topological polar surface area (TPSA) is 86.1 Å². The van der Waals surface area contributed by atoms with Gasteiger partial charge in [-0.15, -0.1) is 0 Å². The average Bonchev–Trinajstić information content (AvgIpc) is 2.33. The van der Waals surface area contributed by atoms with Gasteiger partial charge in [0.1, 0.15) is 0 Å². The number of hydrogen-bond acceptors (Lipinski definition) is 2. The summed E-state index contributed by atoms with van der Waals surface area (Å²) < 4.78 is 0. The molecule has 0 aliphatic rings. The molecular formula is C13H25N3O2. The Labute approximate surface area is 109 Å². The van der Waals surface area contributed by atoms with Crippen molar-refractivity contribution < 1.29 is 9.90 Å². The number of nitrogens with zero attached hydrogens (tertiary/aromatic N) is 3. The highest BCUT2D eigenvalue weighted by molar-refractivity contribution is 5.66. The van der Waals surface area contributed by atoms with Crippen LogP contribution >= 0.6 is 0 Å². The molecule has 5 nitrogen and oxygen atoms in total. The van der Waals surface area contributed by atoms with Crippen LogP contribution in [0.15, 0.2) is 5.11 Å². The quantitative estimate of drug-likeness (QED) is 0.330. The van der Waals surface area contributed by atoms with E-state index in [1.54, 1.807) is 0 Å². The lowest BCUT2D eigenvalue weighted by Crippen LogP contribution is -2.26. The van der Waals surface area contributed by atoms with Crippen molar-refractivity contribution in [2.45, 2.75) is 77.2 Å². The van der Waals surface area contributed by atoms with Crippen LogP contribution in [0.3, 0.4) is 0 Å². The molecule has 0 bridgehead atoms. The SMILES string of the molecule is CCCCC(CCCC)(CCCC(=O)O)N=[N+]=[N-]. The predicted octanol–water partition coefficient (Wildman–Crippen LogP) is 4.67. The Morgan fingerprint density at radius 3 is 2.06 bits per heavy atom. The molecule has 104 valence electrons. The summed E-state index contributed by atoms with van der Waals surface area (Å²) in [5.41, 5.74) is 8.39. The van der Waals surface area contributed by atoms with Gasteiger partial charge < -0.3 is 5.11 Å². The van der Waals surface area contributed by atoms with E-state index in [-0.39, 0.29) is 12.0 Å². The van der Waals surface area contributed by atoms with Crippen molar-refractivity contribution in [3.05, 3.63) is 10.4 Å². The van der Waals surface area contributed by atoms with Gasteiger partial charge in [-0.3, -0.25) is 4.79 Å². The van der Waals surface area contributed by atoms with E-state index in [2.05, 4.69) is 23.9 Å². The fraction of sp³-hybridized carbons (Fsp3) is 0.923. The fourth-order valence-corrected chi connectivity index (χ4v) is 2.20. The summed E-state index contributed by atoms with van der Waals surface area (Å²) >= 11 is 0. The van der Waals surface area contributed by atoms with Crippen LogP contribution in [0.1, 0.15) is 71.6 Å². The number of aliphatic carboxylic acids is 1. The highest BCUT2D eigenvalue weighted by Gasteiger charge is 2.27. The van der Waals surface area contributed by atoms with E-state index < -0.39 is 5.97 Å². The lowest BCUT2D eigenvalue weighted by atomic mass is 9.83. The molecule has 0 atom stereocenters. The molecule has 0 saturated heterocycles. The minimum atomic E-state index is -0.782. The molecule has 5 heteroatoms. The van der Waals surface area contributed by atoms with Crippen LogP contribution in [0.2, 0.25) is 0 Å². The van der Waals surface area contributed by atoms with Gasteiger partial charge in [-0.1, -0.05) is 44.6 Å². The third-order valence-electron chi connectivity index (χ3n) is 3.28. The molecule has 1 N–H and O–H groups in total. The summed E-state index contributed by atoms with van der Waals surface area (Å²) in [6, 6.07) is 0. The van der Waals surface area contributed by atoms with Gasteiger partial charge in [-0.2, -0.15) is 0 Å². The van der Waals surface area contributed by atoms with Gasteiger partial charge >= 0.3 is 5.97 Å². The van der Waals surface area contributed by atoms with E-state index >= 15 is 0 Å². The first-order valence-electron chi connectivity index (χ1n) is 6.88. The van der Waals surface area contributed by atoms with Crippen molar-refractivity contribution in [2.24, 2.45) is 5.11 Å². The molecule has 0 aromatic rings. The van der Waals surface area contributed by atoms with Gasteiger partial charge in [0, 0.05) is 16.9 Å². The monoisotopic (exact) mass is 255 g/mol. The summed E-state index contributed by atoms with van der Waals surface area (Å²) in [6.07, 6.45) is 7.33. The van der Waals surface area contributed by atoms with Crippen molar-refractivity contribution in [1.29, 1.82) is 0 Å². The van der Waals surface area contributed by atoms with E-state index in [1.165, 1.54) is 0 Å². The number of azide groups is 1. The van der Waals surface area contributed by atoms with Crippen molar-refractivity contribution in [1.82, 2.24) is 0 Å². The molecule has 0 aliphatic heterocycles. The Morgan fingerprint density at radius 2 is 1.67 bits per heavy atom. The Kier molecular flexibility index (Phi) is 9.11. The van der Waals surface area contributed by atoms with Crippen molar-refractivity contribution in [3.63, 3.8) is 0 Å². The van der Waals surface area contributed by atoms with Crippen LogP contribution in [-0.4, -0.2) is 16.6 Å². The second-order valence-electron chi connectivity index (χ2n) is 4.87. The van der Waals surface area contributed by atoms with Gasteiger partial charge in [-0.25, -0.2) is 0 Å². The summed E-state index contributed by atoms with van der Waals surface area (Å²) in [5.74, 6) is -0.782. The smallest absolute Gasteiger partial charge is 0.303 e. The third kappa shape index (κ3) is 7.17. The molecule has 18 heavy (non-hydrogen) atoms. The van der Waals surface area contributed by atoms with Gasteiger partial charge in [0.15, 0.2) is 0 Å². The molecule has 0 aliphatic carbocycles.